The zero-order chi connectivity index (χ0) is 24.1. The Balaban J connectivity index is 1.89. The first kappa shape index (κ1) is 24.5. The van der Waals surface area contributed by atoms with Gasteiger partial charge in [-0.25, -0.2) is 4.79 Å². The molecule has 3 aromatic rings. The number of Topliss-reactive ketones (excluding diaryl/α,β-unsaturated/α-hetero) is 1. The largest absolute Gasteiger partial charge is 0.384 e. The van der Waals surface area contributed by atoms with E-state index in [-0.39, 0.29) is 23.1 Å². The van der Waals surface area contributed by atoms with Crippen molar-refractivity contribution in [3.8, 4) is 11.4 Å². The van der Waals surface area contributed by atoms with E-state index in [4.69, 9.17) is 10.5 Å². The summed E-state index contributed by atoms with van der Waals surface area (Å²) in [7, 11) is 1.61. The van der Waals surface area contributed by atoms with E-state index < -0.39 is 17.0 Å². The molecule has 0 aliphatic heterocycles. The van der Waals surface area contributed by atoms with E-state index in [0.29, 0.717) is 30.7 Å². The molecule has 11 heteroatoms. The molecule has 0 aliphatic carbocycles. The van der Waals surface area contributed by atoms with Gasteiger partial charge in [-0.15, -0.1) is 10.2 Å². The molecule has 0 unspecified atom stereocenters. The number of carbonyl (C=O) groups excluding carboxylic acids is 1. The van der Waals surface area contributed by atoms with E-state index >= 15 is 0 Å². The van der Waals surface area contributed by atoms with Crippen molar-refractivity contribution < 1.29 is 9.53 Å². The van der Waals surface area contributed by atoms with Gasteiger partial charge >= 0.3 is 5.69 Å². The molecule has 3 N–H and O–H groups in total. The molecular weight excluding hydrogens is 444 g/mol. The molecule has 0 atom stereocenters. The number of carbonyl (C=O) groups is 1. The Morgan fingerprint density at radius 2 is 2.00 bits per heavy atom. The van der Waals surface area contributed by atoms with Gasteiger partial charge in [0, 0.05) is 19.2 Å². The molecule has 3 rings (SSSR count). The lowest BCUT2D eigenvalue weighted by Crippen LogP contribution is -2.37. The van der Waals surface area contributed by atoms with Crippen LogP contribution in [0.25, 0.3) is 11.4 Å². The van der Waals surface area contributed by atoms with E-state index in [1.807, 2.05) is 49.6 Å². The monoisotopic (exact) mass is 472 g/mol. The smallest absolute Gasteiger partial charge is 0.329 e. The summed E-state index contributed by atoms with van der Waals surface area (Å²) in [4.78, 5) is 39.6. The number of hydrogen-bond donors (Lipinski definition) is 2. The van der Waals surface area contributed by atoms with Crippen molar-refractivity contribution >= 4 is 23.4 Å². The molecule has 0 saturated heterocycles. The normalized spacial score (nSPS) is 11.3. The number of benzene rings is 1. The van der Waals surface area contributed by atoms with Crippen LogP contribution < -0.4 is 17.0 Å². The van der Waals surface area contributed by atoms with Crippen LogP contribution >= 0.6 is 11.8 Å². The van der Waals surface area contributed by atoms with Gasteiger partial charge in [-0.1, -0.05) is 49.4 Å². The van der Waals surface area contributed by atoms with Gasteiger partial charge in [0.15, 0.2) is 16.8 Å². The summed E-state index contributed by atoms with van der Waals surface area (Å²) in [6, 6.07) is 7.88. The highest BCUT2D eigenvalue weighted by Gasteiger charge is 2.22. The van der Waals surface area contributed by atoms with Crippen molar-refractivity contribution in [2.24, 2.45) is 5.92 Å². The molecule has 176 valence electrons. The van der Waals surface area contributed by atoms with E-state index in [2.05, 4.69) is 15.2 Å². The Hall–Kier alpha value is -3.18. The number of aromatic amines is 1. The first-order chi connectivity index (χ1) is 15.7. The van der Waals surface area contributed by atoms with Crippen molar-refractivity contribution in [1.29, 1.82) is 0 Å². The highest BCUT2D eigenvalue weighted by atomic mass is 32.2. The lowest BCUT2D eigenvalue weighted by atomic mass is 10.1. The van der Waals surface area contributed by atoms with Crippen LogP contribution in [0.2, 0.25) is 0 Å². The molecule has 33 heavy (non-hydrogen) atoms. The van der Waals surface area contributed by atoms with Crippen LogP contribution in [-0.2, 0) is 17.8 Å². The maximum absolute atomic E-state index is 12.9. The number of anilines is 1. The predicted octanol–water partition coefficient (Wildman–Crippen LogP) is 1.96. The summed E-state index contributed by atoms with van der Waals surface area (Å²) in [6.45, 7) is 7.03. The van der Waals surface area contributed by atoms with E-state index in [0.717, 1.165) is 22.9 Å². The molecule has 0 bridgehead atoms. The highest BCUT2D eigenvalue weighted by Crippen LogP contribution is 2.25. The lowest BCUT2D eigenvalue weighted by Gasteiger charge is -2.14. The summed E-state index contributed by atoms with van der Waals surface area (Å²) in [5, 5.41) is 9.08. The Bertz CT molecular complexity index is 1260. The first-order valence-electron chi connectivity index (χ1n) is 10.5. The molecule has 0 spiro atoms. The summed E-state index contributed by atoms with van der Waals surface area (Å²) >= 11 is 1.15. The quantitative estimate of drug-likeness (QED) is 0.337. The number of aryl methyl sites for hydroxylation is 1. The van der Waals surface area contributed by atoms with Gasteiger partial charge in [0.25, 0.3) is 5.56 Å². The molecule has 0 aliphatic rings. The topological polar surface area (TPSA) is 138 Å². The second kappa shape index (κ2) is 10.6. The zero-order valence-electron chi connectivity index (χ0n) is 19.1. The Morgan fingerprint density at radius 3 is 2.67 bits per heavy atom. The zero-order valence-corrected chi connectivity index (χ0v) is 19.9. The number of thioether (sulfide) groups is 1. The molecule has 0 saturated carbocycles. The molecule has 0 fully saturated rings. The van der Waals surface area contributed by atoms with Gasteiger partial charge in [0.2, 0.25) is 0 Å². The fourth-order valence-electron chi connectivity index (χ4n) is 3.38. The molecule has 0 radical (unpaired) electrons. The van der Waals surface area contributed by atoms with Gasteiger partial charge in [-0.05, 0) is 18.9 Å². The van der Waals surface area contributed by atoms with Gasteiger partial charge in [-0.2, -0.15) is 0 Å². The standard InChI is InChI=1S/C22H28N6O4S/c1-13(2)11-28-18(23)17(20(30)24-21(28)31)16(29)12-33-22-26-25-19(27(22)8-9-32-4)15-7-5-6-14(3)10-15/h5-7,10,13H,8-9,11-12,23H2,1-4H3,(H,24,30,31). The van der Waals surface area contributed by atoms with E-state index in [9.17, 15) is 14.4 Å². The lowest BCUT2D eigenvalue weighted by molar-refractivity contribution is 0.102. The van der Waals surface area contributed by atoms with Crippen molar-refractivity contribution in [3.63, 3.8) is 0 Å². The number of methoxy groups -OCH3 is 1. The number of nitrogen functional groups attached to an aromatic ring is 1. The number of nitrogens with two attached hydrogens (primary N) is 1. The van der Waals surface area contributed by atoms with Crippen molar-refractivity contribution in [2.75, 3.05) is 25.2 Å². The third-order valence-corrected chi connectivity index (χ3v) is 5.88. The molecule has 2 aromatic heterocycles. The van der Waals surface area contributed by atoms with Crippen molar-refractivity contribution in [2.45, 2.75) is 39.0 Å². The molecule has 1 aromatic carbocycles. The van der Waals surface area contributed by atoms with Crippen LogP contribution in [0, 0.1) is 12.8 Å². The average molecular weight is 473 g/mol. The maximum Gasteiger partial charge on any atom is 0.329 e. The highest BCUT2D eigenvalue weighted by molar-refractivity contribution is 7.99. The fourth-order valence-corrected chi connectivity index (χ4v) is 4.22. The first-order valence-corrected chi connectivity index (χ1v) is 11.5. The summed E-state index contributed by atoms with van der Waals surface area (Å²) < 4.78 is 8.32. The van der Waals surface area contributed by atoms with Crippen molar-refractivity contribution in [1.82, 2.24) is 24.3 Å². The molecule has 2 heterocycles. The van der Waals surface area contributed by atoms with Gasteiger partial charge in [-0.3, -0.25) is 23.7 Å². The van der Waals surface area contributed by atoms with Gasteiger partial charge in [0.1, 0.15) is 11.4 Å². The molecule has 10 nitrogen and oxygen atoms in total. The predicted molar refractivity (Wildman–Crippen MR) is 128 cm³/mol. The number of aromatic nitrogens is 5. The molecule has 0 amide bonds. The number of nitrogens with zero attached hydrogens (tertiary/aromatic N) is 4. The third-order valence-electron chi connectivity index (χ3n) is 4.91. The third kappa shape index (κ3) is 5.60. The minimum Gasteiger partial charge on any atom is -0.384 e. The second-order valence-corrected chi connectivity index (χ2v) is 9.00. The second-order valence-electron chi connectivity index (χ2n) is 8.06. The Kier molecular flexibility index (Phi) is 7.88. The maximum atomic E-state index is 12.9. The van der Waals surface area contributed by atoms with Crippen LogP contribution in [0.5, 0.6) is 0 Å². The van der Waals surface area contributed by atoms with Crippen LogP contribution in [0.15, 0.2) is 39.0 Å². The van der Waals surface area contributed by atoms with E-state index in [1.165, 1.54) is 4.57 Å². The van der Waals surface area contributed by atoms with Gasteiger partial charge < -0.3 is 10.5 Å². The number of hydrogen-bond acceptors (Lipinski definition) is 8. The SMILES string of the molecule is COCCn1c(SCC(=O)c2c(N)n(CC(C)C)c(=O)[nH]c2=O)nnc1-c1cccc(C)c1. The average Bonchev–Trinajstić information content (AvgIpc) is 3.16. The summed E-state index contributed by atoms with van der Waals surface area (Å²) in [5.41, 5.74) is 6.41. The van der Waals surface area contributed by atoms with Crippen LogP contribution in [-0.4, -0.2) is 49.6 Å². The van der Waals surface area contributed by atoms with Crippen molar-refractivity contribution in [3.05, 3.63) is 56.2 Å². The van der Waals surface area contributed by atoms with E-state index in [1.54, 1.807) is 7.11 Å². The summed E-state index contributed by atoms with van der Waals surface area (Å²) in [6.07, 6.45) is 0. The number of ether oxygens (including phenoxy) is 1. The fraction of sp³-hybridized carbons (Fsp3) is 0.409. The van der Waals surface area contributed by atoms with Crippen LogP contribution in [0.3, 0.4) is 0 Å². The number of ketones is 1. The van der Waals surface area contributed by atoms with Crippen LogP contribution in [0.4, 0.5) is 5.82 Å². The number of H-pyrrole nitrogens is 1. The molecular formula is C22H28N6O4S. The number of nitrogens with one attached hydrogen (secondary N) is 1. The van der Waals surface area contributed by atoms with Gasteiger partial charge in [0.05, 0.1) is 18.9 Å². The minimum absolute atomic E-state index is 0.0912. The number of rotatable bonds is 10. The minimum atomic E-state index is -0.788. The van der Waals surface area contributed by atoms with Crippen LogP contribution in [0.1, 0.15) is 29.8 Å². The Morgan fingerprint density at radius 1 is 1.24 bits per heavy atom. The Labute approximate surface area is 195 Å². The summed E-state index contributed by atoms with van der Waals surface area (Å²) in [5.74, 6) is 0.0617.